The summed E-state index contributed by atoms with van der Waals surface area (Å²) in [6, 6.07) is 0. The van der Waals surface area contributed by atoms with Gasteiger partial charge >= 0.3 is 0 Å². The number of nitrogens with two attached hydrogens (primary N) is 2. The van der Waals surface area contributed by atoms with Crippen molar-refractivity contribution >= 4 is 22.9 Å². The van der Waals surface area contributed by atoms with Crippen molar-refractivity contribution < 1.29 is 14.9 Å². The average Bonchev–Trinajstić information content (AvgIpc) is 3.02. The SMILES string of the molecule is [N-]=[N+]=N[C@]1(CO)O[C@@H](n2cnc3c(N)nc(N)nc32)C[C@@H]1O. The third kappa shape index (κ3) is 1.98. The highest BCUT2D eigenvalue weighted by molar-refractivity contribution is 5.82. The molecule has 3 rings (SSSR count). The van der Waals surface area contributed by atoms with Crippen molar-refractivity contribution in [1.82, 2.24) is 19.5 Å². The van der Waals surface area contributed by atoms with Gasteiger partial charge in [-0.1, -0.05) is 5.11 Å². The normalized spacial score (nSPS) is 27.9. The van der Waals surface area contributed by atoms with Gasteiger partial charge in [0, 0.05) is 11.3 Å². The Balaban J connectivity index is 2.05. The van der Waals surface area contributed by atoms with Crippen molar-refractivity contribution in [2.45, 2.75) is 24.5 Å². The van der Waals surface area contributed by atoms with Gasteiger partial charge in [-0.2, -0.15) is 9.97 Å². The number of hydrogen-bond donors (Lipinski definition) is 4. The van der Waals surface area contributed by atoms with Gasteiger partial charge in [-0.25, -0.2) is 4.98 Å². The van der Waals surface area contributed by atoms with E-state index in [9.17, 15) is 10.2 Å². The molecule has 12 heteroatoms. The van der Waals surface area contributed by atoms with Gasteiger partial charge in [0.05, 0.1) is 19.0 Å². The number of imidazole rings is 1. The molecule has 1 saturated heterocycles. The number of anilines is 2. The molecule has 1 fully saturated rings. The summed E-state index contributed by atoms with van der Waals surface area (Å²) in [5, 5.41) is 22.8. The molecule has 2 aromatic rings. The first kappa shape index (κ1) is 14.3. The zero-order valence-corrected chi connectivity index (χ0v) is 11.2. The molecule has 0 bridgehead atoms. The predicted octanol–water partition coefficient (Wildman–Crippen LogP) is -0.731. The first-order chi connectivity index (χ1) is 10.5. The van der Waals surface area contributed by atoms with Gasteiger partial charge < -0.3 is 26.4 Å². The molecule has 22 heavy (non-hydrogen) atoms. The zero-order chi connectivity index (χ0) is 15.9. The van der Waals surface area contributed by atoms with Crippen molar-refractivity contribution in [3.63, 3.8) is 0 Å². The van der Waals surface area contributed by atoms with E-state index < -0.39 is 24.7 Å². The van der Waals surface area contributed by atoms with E-state index in [2.05, 4.69) is 25.0 Å². The van der Waals surface area contributed by atoms with Crippen molar-refractivity contribution in [3.05, 3.63) is 16.8 Å². The van der Waals surface area contributed by atoms with E-state index in [0.29, 0.717) is 11.2 Å². The summed E-state index contributed by atoms with van der Waals surface area (Å²) < 4.78 is 7.03. The molecular weight excluding hydrogens is 294 g/mol. The molecule has 0 radical (unpaired) electrons. The lowest BCUT2D eigenvalue weighted by molar-refractivity contribution is -0.122. The van der Waals surface area contributed by atoms with Gasteiger partial charge in [-0.15, -0.1) is 0 Å². The van der Waals surface area contributed by atoms with Crippen LogP contribution in [-0.4, -0.2) is 48.2 Å². The minimum Gasteiger partial charge on any atom is -0.393 e. The summed E-state index contributed by atoms with van der Waals surface area (Å²) >= 11 is 0. The van der Waals surface area contributed by atoms with E-state index in [1.54, 1.807) is 0 Å². The van der Waals surface area contributed by atoms with Gasteiger partial charge in [0.2, 0.25) is 5.95 Å². The van der Waals surface area contributed by atoms with Crippen molar-refractivity contribution in [1.29, 1.82) is 0 Å². The number of hydrogen-bond acceptors (Lipinski definition) is 9. The molecule has 1 aliphatic heterocycles. The lowest BCUT2D eigenvalue weighted by Gasteiger charge is -2.24. The van der Waals surface area contributed by atoms with Gasteiger partial charge in [-0.05, 0) is 5.53 Å². The number of aromatic nitrogens is 4. The largest absolute Gasteiger partial charge is 0.393 e. The Kier molecular flexibility index (Phi) is 3.22. The van der Waals surface area contributed by atoms with E-state index in [4.69, 9.17) is 21.7 Å². The second kappa shape index (κ2) is 4.96. The molecule has 0 spiro atoms. The van der Waals surface area contributed by atoms with E-state index in [1.165, 1.54) is 10.9 Å². The maximum absolute atomic E-state index is 10.1. The Morgan fingerprint density at radius 3 is 3.00 bits per heavy atom. The van der Waals surface area contributed by atoms with Crippen LogP contribution in [0.2, 0.25) is 0 Å². The van der Waals surface area contributed by atoms with Gasteiger partial charge in [0.1, 0.15) is 11.7 Å². The summed E-state index contributed by atoms with van der Waals surface area (Å²) in [6.07, 6.45) is -0.482. The standard InChI is InChI=1S/C10H13N9O3/c11-7-6-8(16-9(12)15-7)19(3-14-6)5-1-4(21)10(2-20,22-5)17-18-13/h3-5,20-21H,1-2H2,(H4,11,12,15,16)/t4-,5+,10+/m0/s1. The van der Waals surface area contributed by atoms with Crippen LogP contribution in [0.5, 0.6) is 0 Å². The maximum atomic E-state index is 10.1. The highest BCUT2D eigenvalue weighted by Gasteiger charge is 2.48. The molecule has 0 saturated carbocycles. The first-order valence-corrected chi connectivity index (χ1v) is 6.29. The van der Waals surface area contributed by atoms with Crippen molar-refractivity contribution in [2.75, 3.05) is 18.1 Å². The number of nitrogens with zero attached hydrogens (tertiary/aromatic N) is 7. The van der Waals surface area contributed by atoms with Crippen LogP contribution in [0.25, 0.3) is 21.6 Å². The highest BCUT2D eigenvalue weighted by Crippen LogP contribution is 2.39. The minimum atomic E-state index is -1.75. The third-order valence-electron chi connectivity index (χ3n) is 3.50. The summed E-state index contributed by atoms with van der Waals surface area (Å²) in [5.41, 5.74) is 18.8. The lowest BCUT2D eigenvalue weighted by atomic mass is 10.1. The third-order valence-corrected chi connectivity index (χ3v) is 3.50. The molecule has 0 unspecified atom stereocenters. The number of azide groups is 1. The van der Waals surface area contributed by atoms with Crippen molar-refractivity contribution in [3.8, 4) is 0 Å². The molecule has 3 heterocycles. The fraction of sp³-hybridized carbons (Fsp3) is 0.500. The molecule has 0 amide bonds. The van der Waals surface area contributed by atoms with Crippen LogP contribution in [0.4, 0.5) is 11.8 Å². The Morgan fingerprint density at radius 2 is 2.32 bits per heavy atom. The summed E-state index contributed by atoms with van der Waals surface area (Å²) in [5.74, 6) is 0.0806. The molecule has 1 aliphatic rings. The molecule has 0 aliphatic carbocycles. The van der Waals surface area contributed by atoms with Gasteiger partial charge in [0.25, 0.3) is 0 Å². The molecule has 3 atom stereocenters. The van der Waals surface area contributed by atoms with Crippen LogP contribution in [0.1, 0.15) is 12.6 Å². The smallest absolute Gasteiger partial charge is 0.224 e. The van der Waals surface area contributed by atoms with Gasteiger partial charge in [0.15, 0.2) is 17.2 Å². The highest BCUT2D eigenvalue weighted by atomic mass is 16.6. The molecular formula is C10H13N9O3. The summed E-state index contributed by atoms with van der Waals surface area (Å²) in [7, 11) is 0. The summed E-state index contributed by atoms with van der Waals surface area (Å²) in [6.45, 7) is -0.666. The van der Waals surface area contributed by atoms with Crippen LogP contribution < -0.4 is 11.5 Å². The van der Waals surface area contributed by atoms with E-state index in [0.717, 1.165) is 0 Å². The molecule has 12 nitrogen and oxygen atoms in total. The Hall–Kier alpha value is -2.66. The van der Waals surface area contributed by atoms with E-state index in [-0.39, 0.29) is 18.2 Å². The molecule has 2 aromatic heterocycles. The van der Waals surface area contributed by atoms with Crippen molar-refractivity contribution in [2.24, 2.45) is 5.11 Å². The van der Waals surface area contributed by atoms with E-state index >= 15 is 0 Å². The predicted molar refractivity (Wildman–Crippen MR) is 73.9 cm³/mol. The zero-order valence-electron chi connectivity index (χ0n) is 11.2. The second-order valence-corrected chi connectivity index (χ2v) is 4.81. The maximum Gasteiger partial charge on any atom is 0.224 e. The number of nitrogen functional groups attached to an aromatic ring is 2. The van der Waals surface area contributed by atoms with Crippen LogP contribution >= 0.6 is 0 Å². The van der Waals surface area contributed by atoms with Crippen LogP contribution in [0, 0.1) is 0 Å². The van der Waals surface area contributed by atoms with E-state index in [1.807, 2.05) is 0 Å². The molecule has 6 N–H and O–H groups in total. The van der Waals surface area contributed by atoms with Crippen LogP contribution in [0.15, 0.2) is 11.4 Å². The minimum absolute atomic E-state index is 0.0336. The number of aliphatic hydroxyl groups excluding tert-OH is 2. The quantitative estimate of drug-likeness (QED) is 0.323. The van der Waals surface area contributed by atoms with Gasteiger partial charge in [-0.3, -0.25) is 4.57 Å². The molecule has 116 valence electrons. The second-order valence-electron chi connectivity index (χ2n) is 4.81. The number of aliphatic hydroxyl groups is 2. The number of ether oxygens (including phenoxy) is 1. The fourth-order valence-electron chi connectivity index (χ4n) is 2.41. The fourth-order valence-corrected chi connectivity index (χ4v) is 2.41. The Morgan fingerprint density at radius 1 is 1.55 bits per heavy atom. The first-order valence-electron chi connectivity index (χ1n) is 6.29. The van der Waals surface area contributed by atoms with Crippen LogP contribution in [-0.2, 0) is 4.74 Å². The molecule has 0 aromatic carbocycles. The monoisotopic (exact) mass is 307 g/mol. The topological polar surface area (TPSA) is 194 Å². The Labute approximate surface area is 123 Å². The average molecular weight is 307 g/mol. The number of rotatable bonds is 3. The summed E-state index contributed by atoms with van der Waals surface area (Å²) in [4.78, 5) is 14.5. The Bertz CT molecular complexity index is 770. The van der Waals surface area contributed by atoms with Crippen LogP contribution in [0.3, 0.4) is 0 Å². The number of fused-ring (bicyclic) bond motifs is 1. The lowest BCUT2D eigenvalue weighted by Crippen LogP contribution is -2.40.